The van der Waals surface area contributed by atoms with E-state index in [-0.39, 0.29) is 0 Å². The van der Waals surface area contributed by atoms with Crippen LogP contribution in [0.15, 0.2) is 30.5 Å². The molecule has 0 saturated heterocycles. The summed E-state index contributed by atoms with van der Waals surface area (Å²) in [7, 11) is 1.66. The van der Waals surface area contributed by atoms with Crippen molar-refractivity contribution in [3.05, 3.63) is 30.5 Å². The van der Waals surface area contributed by atoms with Crippen LogP contribution in [0, 0.1) is 0 Å². The van der Waals surface area contributed by atoms with Crippen molar-refractivity contribution in [3.8, 4) is 17.0 Å². The van der Waals surface area contributed by atoms with E-state index in [0.717, 1.165) is 23.6 Å². The summed E-state index contributed by atoms with van der Waals surface area (Å²) in [5, 5.41) is 8.07. The molecule has 0 saturated carbocycles. The van der Waals surface area contributed by atoms with Gasteiger partial charge in [-0.05, 0) is 31.2 Å². The van der Waals surface area contributed by atoms with E-state index in [2.05, 4.69) is 10.3 Å². The van der Waals surface area contributed by atoms with Crippen molar-refractivity contribution in [3.63, 3.8) is 0 Å². The SMILES string of the molecule is CCn1cc(-c2ccc(OC)cc2)nn1. The van der Waals surface area contributed by atoms with Crippen molar-refractivity contribution < 1.29 is 4.74 Å². The maximum atomic E-state index is 5.09. The van der Waals surface area contributed by atoms with Gasteiger partial charge in [-0.25, -0.2) is 0 Å². The molecular formula is C11H13N3O. The van der Waals surface area contributed by atoms with E-state index in [0.29, 0.717) is 0 Å². The predicted octanol–water partition coefficient (Wildman–Crippen LogP) is 1.97. The second-order valence-corrected chi connectivity index (χ2v) is 3.19. The van der Waals surface area contributed by atoms with E-state index in [4.69, 9.17) is 4.74 Å². The van der Waals surface area contributed by atoms with Crippen LogP contribution in [0.1, 0.15) is 6.92 Å². The van der Waals surface area contributed by atoms with Crippen LogP contribution in [0.2, 0.25) is 0 Å². The fourth-order valence-electron chi connectivity index (χ4n) is 1.35. The van der Waals surface area contributed by atoms with Gasteiger partial charge in [-0.1, -0.05) is 5.21 Å². The second-order valence-electron chi connectivity index (χ2n) is 3.19. The first kappa shape index (κ1) is 9.71. The van der Waals surface area contributed by atoms with Crippen molar-refractivity contribution in [2.24, 2.45) is 0 Å². The summed E-state index contributed by atoms with van der Waals surface area (Å²) in [6.45, 7) is 2.87. The maximum Gasteiger partial charge on any atom is 0.118 e. The third-order valence-electron chi connectivity index (χ3n) is 2.25. The van der Waals surface area contributed by atoms with Gasteiger partial charge in [0.2, 0.25) is 0 Å². The van der Waals surface area contributed by atoms with E-state index in [1.165, 1.54) is 0 Å². The molecule has 2 aromatic rings. The van der Waals surface area contributed by atoms with Crippen LogP contribution in [0.4, 0.5) is 0 Å². The van der Waals surface area contributed by atoms with Gasteiger partial charge in [0.05, 0.1) is 13.3 Å². The molecule has 1 aromatic heterocycles. The number of hydrogen-bond acceptors (Lipinski definition) is 3. The van der Waals surface area contributed by atoms with Crippen molar-refractivity contribution in [2.75, 3.05) is 7.11 Å². The van der Waals surface area contributed by atoms with E-state index < -0.39 is 0 Å². The zero-order valence-corrected chi connectivity index (χ0v) is 8.84. The molecule has 0 atom stereocenters. The molecular weight excluding hydrogens is 190 g/mol. The molecule has 0 radical (unpaired) electrons. The smallest absolute Gasteiger partial charge is 0.118 e. The standard InChI is InChI=1S/C11H13N3O/c1-3-14-8-11(12-13-14)9-4-6-10(15-2)7-5-9/h4-8H,3H2,1-2H3. The Morgan fingerprint density at radius 1 is 1.27 bits per heavy atom. The maximum absolute atomic E-state index is 5.09. The number of aryl methyl sites for hydroxylation is 1. The monoisotopic (exact) mass is 203 g/mol. The quantitative estimate of drug-likeness (QED) is 0.765. The number of ether oxygens (including phenoxy) is 1. The van der Waals surface area contributed by atoms with E-state index >= 15 is 0 Å². The lowest BCUT2D eigenvalue weighted by Crippen LogP contribution is -1.93. The molecule has 4 nitrogen and oxygen atoms in total. The van der Waals surface area contributed by atoms with Crippen molar-refractivity contribution in [2.45, 2.75) is 13.5 Å². The van der Waals surface area contributed by atoms with Crippen LogP contribution in [0.5, 0.6) is 5.75 Å². The van der Waals surface area contributed by atoms with Crippen molar-refractivity contribution in [1.29, 1.82) is 0 Å². The Labute approximate surface area is 88.5 Å². The van der Waals surface area contributed by atoms with E-state index in [1.54, 1.807) is 11.8 Å². The topological polar surface area (TPSA) is 39.9 Å². The Bertz CT molecular complexity index is 433. The van der Waals surface area contributed by atoms with Crippen molar-refractivity contribution in [1.82, 2.24) is 15.0 Å². The van der Waals surface area contributed by atoms with E-state index in [9.17, 15) is 0 Å². The first-order valence-electron chi connectivity index (χ1n) is 4.88. The number of nitrogens with zero attached hydrogens (tertiary/aromatic N) is 3. The molecule has 2 rings (SSSR count). The summed E-state index contributed by atoms with van der Waals surface area (Å²) < 4.78 is 6.90. The molecule has 0 bridgehead atoms. The first-order chi connectivity index (χ1) is 7.33. The number of methoxy groups -OCH3 is 1. The molecule has 0 unspecified atom stereocenters. The average molecular weight is 203 g/mol. The molecule has 0 spiro atoms. The minimum Gasteiger partial charge on any atom is -0.497 e. The van der Waals surface area contributed by atoms with E-state index in [1.807, 2.05) is 37.4 Å². The van der Waals surface area contributed by atoms with Gasteiger partial charge >= 0.3 is 0 Å². The lowest BCUT2D eigenvalue weighted by molar-refractivity contribution is 0.415. The molecule has 0 aliphatic carbocycles. The predicted molar refractivity (Wildman–Crippen MR) is 57.7 cm³/mol. The normalized spacial score (nSPS) is 10.3. The Hall–Kier alpha value is -1.84. The number of aromatic nitrogens is 3. The van der Waals surface area contributed by atoms with Gasteiger partial charge in [0.15, 0.2) is 0 Å². The Kier molecular flexibility index (Phi) is 2.67. The summed E-state index contributed by atoms with van der Waals surface area (Å²) in [6.07, 6.45) is 1.93. The second kappa shape index (κ2) is 4.13. The molecule has 0 N–H and O–H groups in total. The summed E-state index contributed by atoms with van der Waals surface area (Å²) in [5.41, 5.74) is 1.94. The molecule has 15 heavy (non-hydrogen) atoms. The minimum atomic E-state index is 0.836. The Morgan fingerprint density at radius 2 is 2.00 bits per heavy atom. The summed E-state index contributed by atoms with van der Waals surface area (Å²) in [6, 6.07) is 7.78. The fourth-order valence-corrected chi connectivity index (χ4v) is 1.35. The van der Waals surface area contributed by atoms with Gasteiger partial charge in [0.25, 0.3) is 0 Å². The van der Waals surface area contributed by atoms with Gasteiger partial charge in [-0.2, -0.15) is 0 Å². The lowest BCUT2D eigenvalue weighted by Gasteiger charge is -1.99. The van der Waals surface area contributed by atoms with Crippen molar-refractivity contribution >= 4 is 0 Å². The summed E-state index contributed by atoms with van der Waals surface area (Å²) in [4.78, 5) is 0. The molecule has 1 aromatic carbocycles. The number of hydrogen-bond donors (Lipinski definition) is 0. The summed E-state index contributed by atoms with van der Waals surface area (Å²) in [5.74, 6) is 0.849. The number of benzene rings is 1. The molecule has 0 aliphatic rings. The van der Waals surface area contributed by atoms with Crippen LogP contribution in [0.25, 0.3) is 11.3 Å². The highest BCUT2D eigenvalue weighted by molar-refractivity contribution is 5.58. The Morgan fingerprint density at radius 3 is 2.53 bits per heavy atom. The molecule has 0 amide bonds. The third kappa shape index (κ3) is 1.98. The molecule has 0 fully saturated rings. The first-order valence-corrected chi connectivity index (χ1v) is 4.88. The Balaban J connectivity index is 2.28. The zero-order valence-electron chi connectivity index (χ0n) is 8.84. The van der Waals surface area contributed by atoms with Gasteiger partial charge in [-0.15, -0.1) is 5.10 Å². The minimum absolute atomic E-state index is 0.836. The largest absolute Gasteiger partial charge is 0.497 e. The zero-order chi connectivity index (χ0) is 10.7. The average Bonchev–Trinajstić information content (AvgIpc) is 2.78. The highest BCUT2D eigenvalue weighted by atomic mass is 16.5. The van der Waals surface area contributed by atoms with Gasteiger partial charge in [0.1, 0.15) is 11.4 Å². The summed E-state index contributed by atoms with van der Waals surface area (Å²) >= 11 is 0. The van der Waals surface area contributed by atoms with Crippen LogP contribution in [-0.4, -0.2) is 22.1 Å². The molecule has 4 heteroatoms. The number of rotatable bonds is 3. The highest BCUT2D eigenvalue weighted by Gasteiger charge is 2.02. The highest BCUT2D eigenvalue weighted by Crippen LogP contribution is 2.19. The van der Waals surface area contributed by atoms with Gasteiger partial charge in [-0.3, -0.25) is 4.68 Å². The molecule has 1 heterocycles. The fraction of sp³-hybridized carbons (Fsp3) is 0.273. The third-order valence-corrected chi connectivity index (χ3v) is 2.25. The van der Waals surface area contributed by atoms with Crippen LogP contribution >= 0.6 is 0 Å². The van der Waals surface area contributed by atoms with Gasteiger partial charge in [0, 0.05) is 12.1 Å². The van der Waals surface area contributed by atoms with Crippen LogP contribution in [-0.2, 0) is 6.54 Å². The van der Waals surface area contributed by atoms with Crippen LogP contribution < -0.4 is 4.74 Å². The molecule has 78 valence electrons. The molecule has 0 aliphatic heterocycles. The lowest BCUT2D eigenvalue weighted by atomic mass is 10.2. The van der Waals surface area contributed by atoms with Gasteiger partial charge < -0.3 is 4.74 Å². The van der Waals surface area contributed by atoms with Crippen LogP contribution in [0.3, 0.4) is 0 Å².